The Labute approximate surface area is 141 Å². The fourth-order valence-electron chi connectivity index (χ4n) is 2.54. The van der Waals surface area contributed by atoms with Gasteiger partial charge in [-0.1, -0.05) is 0 Å². The van der Waals surface area contributed by atoms with Crippen LogP contribution >= 0.6 is 0 Å². The van der Waals surface area contributed by atoms with Crippen molar-refractivity contribution in [2.24, 2.45) is 0 Å². The number of pyridine rings is 1. The molecule has 3 aromatic rings. The summed E-state index contributed by atoms with van der Waals surface area (Å²) in [6, 6.07) is 12.1. The van der Waals surface area contributed by atoms with E-state index in [0.717, 1.165) is 35.7 Å². The van der Waals surface area contributed by atoms with Crippen LogP contribution in [0.4, 0.5) is 10.2 Å². The van der Waals surface area contributed by atoms with Gasteiger partial charge in [-0.15, -0.1) is 0 Å². The van der Waals surface area contributed by atoms with Crippen molar-refractivity contribution in [2.75, 3.05) is 18.0 Å². The van der Waals surface area contributed by atoms with Gasteiger partial charge in [0.25, 0.3) is 0 Å². The zero-order valence-electron chi connectivity index (χ0n) is 13.8. The first-order valence-electron chi connectivity index (χ1n) is 8.01. The number of hydrogen-bond donors (Lipinski definition) is 0. The molecule has 24 heavy (non-hydrogen) atoms. The smallest absolute Gasteiger partial charge is 0.163 e. The number of nitrogens with zero attached hydrogens (tertiary/aromatic N) is 4. The third kappa shape index (κ3) is 3.40. The molecule has 0 aliphatic rings. The van der Waals surface area contributed by atoms with Gasteiger partial charge in [-0.05, 0) is 50.2 Å². The minimum atomic E-state index is -0.260. The Hall–Kier alpha value is -2.82. The Morgan fingerprint density at radius 3 is 2.33 bits per heavy atom. The molecule has 2 aromatic heterocycles. The van der Waals surface area contributed by atoms with E-state index in [1.165, 1.54) is 12.1 Å². The van der Waals surface area contributed by atoms with E-state index in [4.69, 9.17) is 0 Å². The Bertz CT molecular complexity index is 799. The maximum Gasteiger partial charge on any atom is 0.163 e. The van der Waals surface area contributed by atoms with Crippen LogP contribution in [0.2, 0.25) is 0 Å². The molecule has 0 N–H and O–H groups in total. The summed E-state index contributed by atoms with van der Waals surface area (Å²) in [5.41, 5.74) is 2.48. The lowest BCUT2D eigenvalue weighted by Crippen LogP contribution is -2.23. The SMILES string of the molecule is CCN(CC)c1cc(-c2ccc(F)cc2)nc(-c2cccnc2)n1. The first-order chi connectivity index (χ1) is 11.7. The zero-order valence-corrected chi connectivity index (χ0v) is 13.8. The molecule has 0 spiro atoms. The molecule has 2 heterocycles. The molecule has 0 bridgehead atoms. The molecule has 5 heteroatoms. The van der Waals surface area contributed by atoms with Crippen molar-refractivity contribution in [3.05, 3.63) is 60.7 Å². The van der Waals surface area contributed by atoms with Crippen molar-refractivity contribution in [1.29, 1.82) is 0 Å². The Morgan fingerprint density at radius 1 is 0.958 bits per heavy atom. The van der Waals surface area contributed by atoms with Crippen molar-refractivity contribution in [3.8, 4) is 22.6 Å². The molecular weight excluding hydrogens is 303 g/mol. The second-order valence-corrected chi connectivity index (χ2v) is 5.36. The molecule has 1 aromatic carbocycles. The summed E-state index contributed by atoms with van der Waals surface area (Å²) in [5.74, 6) is 1.21. The minimum Gasteiger partial charge on any atom is -0.357 e. The number of rotatable bonds is 5. The van der Waals surface area contributed by atoms with Crippen LogP contribution in [-0.4, -0.2) is 28.0 Å². The maximum absolute atomic E-state index is 13.2. The molecule has 3 rings (SSSR count). The van der Waals surface area contributed by atoms with E-state index in [1.807, 2.05) is 18.2 Å². The first kappa shape index (κ1) is 16.1. The van der Waals surface area contributed by atoms with E-state index in [1.54, 1.807) is 24.5 Å². The highest BCUT2D eigenvalue weighted by molar-refractivity contribution is 5.67. The van der Waals surface area contributed by atoms with Gasteiger partial charge in [0.2, 0.25) is 0 Å². The van der Waals surface area contributed by atoms with Crippen LogP contribution in [0, 0.1) is 5.82 Å². The lowest BCUT2D eigenvalue weighted by molar-refractivity contribution is 0.628. The molecule has 0 saturated heterocycles. The van der Waals surface area contributed by atoms with Crippen LogP contribution in [0.25, 0.3) is 22.6 Å². The summed E-state index contributed by atoms with van der Waals surface area (Å²) in [7, 11) is 0. The van der Waals surface area contributed by atoms with E-state index in [2.05, 4.69) is 33.7 Å². The second-order valence-electron chi connectivity index (χ2n) is 5.36. The highest BCUT2D eigenvalue weighted by Gasteiger charge is 2.12. The van der Waals surface area contributed by atoms with Crippen LogP contribution in [0.3, 0.4) is 0 Å². The topological polar surface area (TPSA) is 41.9 Å². The van der Waals surface area contributed by atoms with Crippen LogP contribution in [0.5, 0.6) is 0 Å². The van der Waals surface area contributed by atoms with E-state index in [9.17, 15) is 4.39 Å². The minimum absolute atomic E-state index is 0.260. The molecule has 122 valence electrons. The van der Waals surface area contributed by atoms with Crippen LogP contribution in [-0.2, 0) is 0 Å². The van der Waals surface area contributed by atoms with Crippen LogP contribution < -0.4 is 4.90 Å². The molecule has 0 radical (unpaired) electrons. The lowest BCUT2D eigenvalue weighted by Gasteiger charge is -2.21. The molecule has 0 fully saturated rings. The van der Waals surface area contributed by atoms with Gasteiger partial charge in [-0.2, -0.15) is 0 Å². The fraction of sp³-hybridized carbons (Fsp3) is 0.211. The van der Waals surface area contributed by atoms with Gasteiger partial charge in [0.05, 0.1) is 5.69 Å². The van der Waals surface area contributed by atoms with Gasteiger partial charge in [-0.25, -0.2) is 14.4 Å². The molecular formula is C19H19FN4. The first-order valence-corrected chi connectivity index (χ1v) is 8.01. The predicted octanol–water partition coefficient (Wildman–Crippen LogP) is 4.19. The third-order valence-electron chi connectivity index (χ3n) is 3.86. The number of hydrogen-bond acceptors (Lipinski definition) is 4. The van der Waals surface area contributed by atoms with Gasteiger partial charge in [0.15, 0.2) is 5.82 Å². The quantitative estimate of drug-likeness (QED) is 0.706. The predicted molar refractivity (Wildman–Crippen MR) is 94.2 cm³/mol. The molecule has 0 atom stereocenters. The van der Waals surface area contributed by atoms with Gasteiger partial charge in [-0.3, -0.25) is 4.98 Å². The van der Waals surface area contributed by atoms with Crippen molar-refractivity contribution >= 4 is 5.82 Å². The van der Waals surface area contributed by atoms with E-state index >= 15 is 0 Å². The molecule has 0 aliphatic carbocycles. The molecule has 0 aliphatic heterocycles. The van der Waals surface area contributed by atoms with Gasteiger partial charge in [0, 0.05) is 42.7 Å². The average Bonchev–Trinajstić information content (AvgIpc) is 2.64. The standard InChI is InChI=1S/C19H19FN4/c1-3-24(4-2)18-12-17(14-7-9-16(20)10-8-14)22-19(23-18)15-6-5-11-21-13-15/h5-13H,3-4H2,1-2H3. The number of benzene rings is 1. The number of aromatic nitrogens is 3. The van der Waals surface area contributed by atoms with Gasteiger partial charge >= 0.3 is 0 Å². The summed E-state index contributed by atoms with van der Waals surface area (Å²) < 4.78 is 13.2. The lowest BCUT2D eigenvalue weighted by atomic mass is 10.1. The average molecular weight is 322 g/mol. The van der Waals surface area contributed by atoms with Crippen molar-refractivity contribution in [2.45, 2.75) is 13.8 Å². The summed E-state index contributed by atoms with van der Waals surface area (Å²) in [4.78, 5) is 15.7. The van der Waals surface area contributed by atoms with Gasteiger partial charge in [0.1, 0.15) is 11.6 Å². The molecule has 0 unspecified atom stereocenters. The summed E-state index contributed by atoms with van der Waals surface area (Å²) in [6.07, 6.45) is 3.47. The molecule has 0 saturated carbocycles. The monoisotopic (exact) mass is 322 g/mol. The van der Waals surface area contributed by atoms with E-state index < -0.39 is 0 Å². The number of halogens is 1. The summed E-state index contributed by atoms with van der Waals surface area (Å²) >= 11 is 0. The molecule has 4 nitrogen and oxygen atoms in total. The van der Waals surface area contributed by atoms with E-state index in [0.29, 0.717) is 5.82 Å². The molecule has 0 amide bonds. The normalized spacial score (nSPS) is 10.6. The third-order valence-corrected chi connectivity index (χ3v) is 3.86. The number of anilines is 1. The Balaban J connectivity index is 2.14. The van der Waals surface area contributed by atoms with Crippen LogP contribution in [0.1, 0.15) is 13.8 Å². The Kier molecular flexibility index (Phi) is 4.79. The Morgan fingerprint density at radius 2 is 1.71 bits per heavy atom. The summed E-state index contributed by atoms with van der Waals surface area (Å²) in [6.45, 7) is 5.88. The van der Waals surface area contributed by atoms with E-state index in [-0.39, 0.29) is 5.82 Å². The van der Waals surface area contributed by atoms with Crippen molar-refractivity contribution < 1.29 is 4.39 Å². The van der Waals surface area contributed by atoms with Crippen molar-refractivity contribution in [1.82, 2.24) is 15.0 Å². The second kappa shape index (κ2) is 7.17. The zero-order chi connectivity index (χ0) is 16.9. The maximum atomic E-state index is 13.2. The van der Waals surface area contributed by atoms with Gasteiger partial charge < -0.3 is 4.90 Å². The fourth-order valence-corrected chi connectivity index (χ4v) is 2.54. The van der Waals surface area contributed by atoms with Crippen LogP contribution in [0.15, 0.2) is 54.9 Å². The summed E-state index contributed by atoms with van der Waals surface area (Å²) in [5, 5.41) is 0. The largest absolute Gasteiger partial charge is 0.357 e. The van der Waals surface area contributed by atoms with Crippen molar-refractivity contribution in [3.63, 3.8) is 0 Å². The highest BCUT2D eigenvalue weighted by atomic mass is 19.1. The highest BCUT2D eigenvalue weighted by Crippen LogP contribution is 2.26.